The number of benzene rings is 1. The van der Waals surface area contributed by atoms with Crippen LogP contribution in [0, 0.1) is 0 Å². The predicted molar refractivity (Wildman–Crippen MR) is 85.2 cm³/mol. The van der Waals surface area contributed by atoms with Crippen molar-refractivity contribution in [1.29, 1.82) is 0 Å². The molecule has 0 aliphatic rings. The summed E-state index contributed by atoms with van der Waals surface area (Å²) in [5.41, 5.74) is -0.900. The van der Waals surface area contributed by atoms with E-state index in [4.69, 9.17) is 0 Å². The molecule has 0 unspecified atom stereocenters. The molecule has 1 amide bonds. The number of carbonyl (C=O) groups is 1. The summed E-state index contributed by atoms with van der Waals surface area (Å²) in [6.07, 6.45) is -3.63. The summed E-state index contributed by atoms with van der Waals surface area (Å²) in [4.78, 5) is 13.7. The van der Waals surface area contributed by atoms with Gasteiger partial charge in [0.05, 0.1) is 17.5 Å². The lowest BCUT2D eigenvalue weighted by molar-refractivity contribution is -0.137. The van der Waals surface area contributed by atoms with Crippen molar-refractivity contribution in [3.8, 4) is 0 Å². The molecular formula is C14H20F3N3O3S. The van der Waals surface area contributed by atoms with Crippen LogP contribution in [0.25, 0.3) is 0 Å². The molecule has 1 N–H and O–H groups in total. The molecule has 0 aliphatic heterocycles. The standard InChI is InChI=1S/C14H20F3N3O3S/c1-19(2)9-8-18-13(21)10-20(24(3,22)23)12-6-4-11(5-7-12)14(15,16)17/h4-7H,8-10H2,1-3H3,(H,18,21). The molecule has 0 heterocycles. The van der Waals surface area contributed by atoms with Crippen LogP contribution in [-0.4, -0.2) is 59.2 Å². The number of halogens is 3. The van der Waals surface area contributed by atoms with Crippen molar-refractivity contribution in [2.24, 2.45) is 0 Å². The molecule has 0 saturated carbocycles. The van der Waals surface area contributed by atoms with Gasteiger partial charge in [0.1, 0.15) is 6.54 Å². The van der Waals surface area contributed by atoms with Gasteiger partial charge in [-0.25, -0.2) is 8.42 Å². The molecule has 24 heavy (non-hydrogen) atoms. The predicted octanol–water partition coefficient (Wildman–Crippen LogP) is 1.15. The molecule has 0 radical (unpaired) electrons. The third-order valence-electron chi connectivity index (χ3n) is 3.05. The molecule has 0 fully saturated rings. The topological polar surface area (TPSA) is 69.7 Å². The van der Waals surface area contributed by atoms with Crippen LogP contribution in [0.1, 0.15) is 5.56 Å². The number of anilines is 1. The lowest BCUT2D eigenvalue weighted by Crippen LogP contribution is -2.42. The minimum Gasteiger partial charge on any atom is -0.353 e. The number of carbonyl (C=O) groups excluding carboxylic acids is 1. The number of rotatable bonds is 7. The van der Waals surface area contributed by atoms with Crippen LogP contribution in [0.15, 0.2) is 24.3 Å². The van der Waals surface area contributed by atoms with Crippen molar-refractivity contribution in [3.63, 3.8) is 0 Å². The maximum Gasteiger partial charge on any atom is 0.416 e. The number of likely N-dealkylation sites (N-methyl/N-ethyl adjacent to an activating group) is 1. The molecule has 0 bridgehead atoms. The maximum atomic E-state index is 12.6. The van der Waals surface area contributed by atoms with E-state index in [0.717, 1.165) is 34.8 Å². The first-order valence-corrected chi connectivity index (χ1v) is 8.82. The number of amides is 1. The van der Waals surface area contributed by atoms with Gasteiger partial charge < -0.3 is 10.2 Å². The van der Waals surface area contributed by atoms with Gasteiger partial charge in [0, 0.05) is 13.1 Å². The summed E-state index contributed by atoms with van der Waals surface area (Å²) in [6, 6.07) is 3.60. The van der Waals surface area contributed by atoms with E-state index in [1.165, 1.54) is 0 Å². The molecule has 10 heteroatoms. The Morgan fingerprint density at radius 2 is 1.71 bits per heavy atom. The van der Waals surface area contributed by atoms with Crippen LogP contribution in [0.2, 0.25) is 0 Å². The van der Waals surface area contributed by atoms with Crippen molar-refractivity contribution in [2.75, 3.05) is 44.3 Å². The number of nitrogens with one attached hydrogen (secondary N) is 1. The Morgan fingerprint density at radius 3 is 2.12 bits per heavy atom. The highest BCUT2D eigenvalue weighted by Crippen LogP contribution is 2.30. The maximum absolute atomic E-state index is 12.6. The Morgan fingerprint density at radius 1 is 1.17 bits per heavy atom. The first kappa shape index (κ1) is 20.2. The summed E-state index contributed by atoms with van der Waals surface area (Å²) in [6.45, 7) is 0.402. The highest BCUT2D eigenvalue weighted by atomic mass is 32.2. The van der Waals surface area contributed by atoms with E-state index in [1.807, 2.05) is 19.0 Å². The summed E-state index contributed by atoms with van der Waals surface area (Å²) in [7, 11) is -0.189. The molecule has 0 spiro atoms. The van der Waals surface area contributed by atoms with Crippen molar-refractivity contribution in [1.82, 2.24) is 10.2 Å². The van der Waals surface area contributed by atoms with Crippen LogP contribution >= 0.6 is 0 Å². The van der Waals surface area contributed by atoms with Crippen LogP contribution in [0.4, 0.5) is 18.9 Å². The number of nitrogens with zero attached hydrogens (tertiary/aromatic N) is 2. The van der Waals surface area contributed by atoms with Crippen LogP contribution in [0.5, 0.6) is 0 Å². The average molecular weight is 367 g/mol. The molecule has 136 valence electrons. The highest BCUT2D eigenvalue weighted by Gasteiger charge is 2.30. The zero-order chi connectivity index (χ0) is 18.5. The fourth-order valence-electron chi connectivity index (χ4n) is 1.82. The Hall–Kier alpha value is -1.81. The third-order valence-corrected chi connectivity index (χ3v) is 4.19. The van der Waals surface area contributed by atoms with Gasteiger partial charge in [0.15, 0.2) is 0 Å². The molecule has 0 aliphatic carbocycles. The first-order chi connectivity index (χ1) is 10.9. The average Bonchev–Trinajstić information content (AvgIpc) is 2.42. The van der Waals surface area contributed by atoms with E-state index in [-0.39, 0.29) is 5.69 Å². The number of hydrogen-bond donors (Lipinski definition) is 1. The smallest absolute Gasteiger partial charge is 0.353 e. The fourth-order valence-corrected chi connectivity index (χ4v) is 2.68. The zero-order valence-corrected chi connectivity index (χ0v) is 14.4. The molecule has 1 aromatic carbocycles. The Bertz CT molecular complexity index is 658. The van der Waals surface area contributed by atoms with Crippen molar-refractivity contribution in [2.45, 2.75) is 6.18 Å². The van der Waals surface area contributed by atoms with E-state index in [2.05, 4.69) is 5.32 Å². The number of hydrogen-bond acceptors (Lipinski definition) is 4. The Labute approximate surface area is 139 Å². The molecule has 0 saturated heterocycles. The van der Waals surface area contributed by atoms with Gasteiger partial charge >= 0.3 is 6.18 Å². The Balaban J connectivity index is 2.89. The van der Waals surface area contributed by atoms with E-state index in [0.29, 0.717) is 13.1 Å². The third kappa shape index (κ3) is 6.36. The fraction of sp³-hybridized carbons (Fsp3) is 0.500. The quantitative estimate of drug-likeness (QED) is 0.785. The van der Waals surface area contributed by atoms with Crippen molar-refractivity contribution in [3.05, 3.63) is 29.8 Å². The van der Waals surface area contributed by atoms with Crippen LogP contribution in [-0.2, 0) is 21.0 Å². The second kappa shape index (κ2) is 7.84. The van der Waals surface area contributed by atoms with Gasteiger partial charge in [0.2, 0.25) is 15.9 Å². The molecule has 1 aromatic rings. The van der Waals surface area contributed by atoms with E-state index in [9.17, 15) is 26.4 Å². The summed E-state index contributed by atoms with van der Waals surface area (Å²) in [5.74, 6) is -0.540. The normalized spacial score (nSPS) is 12.3. The SMILES string of the molecule is CN(C)CCNC(=O)CN(c1ccc(C(F)(F)F)cc1)S(C)(=O)=O. The lowest BCUT2D eigenvalue weighted by atomic mass is 10.2. The second-order valence-corrected chi connectivity index (χ2v) is 7.37. The largest absolute Gasteiger partial charge is 0.416 e. The van der Waals surface area contributed by atoms with Gasteiger partial charge in [-0.15, -0.1) is 0 Å². The molecule has 0 atom stereocenters. The summed E-state index contributed by atoms with van der Waals surface area (Å²) in [5, 5.41) is 2.56. The van der Waals surface area contributed by atoms with Crippen molar-refractivity contribution < 1.29 is 26.4 Å². The number of alkyl halides is 3. The van der Waals surface area contributed by atoms with E-state index >= 15 is 0 Å². The van der Waals surface area contributed by atoms with E-state index < -0.39 is 34.2 Å². The lowest BCUT2D eigenvalue weighted by Gasteiger charge is -2.22. The first-order valence-electron chi connectivity index (χ1n) is 6.97. The minimum atomic E-state index is -4.52. The minimum absolute atomic E-state index is 0.00624. The van der Waals surface area contributed by atoms with Crippen LogP contribution in [0.3, 0.4) is 0 Å². The monoisotopic (exact) mass is 367 g/mol. The zero-order valence-electron chi connectivity index (χ0n) is 13.6. The number of sulfonamides is 1. The molecule has 6 nitrogen and oxygen atoms in total. The van der Waals surface area contributed by atoms with Gasteiger partial charge in [-0.05, 0) is 38.4 Å². The highest BCUT2D eigenvalue weighted by molar-refractivity contribution is 7.92. The molecule has 0 aromatic heterocycles. The van der Waals surface area contributed by atoms with Gasteiger partial charge in [-0.1, -0.05) is 0 Å². The van der Waals surface area contributed by atoms with Gasteiger partial charge in [0.25, 0.3) is 0 Å². The van der Waals surface area contributed by atoms with Crippen LogP contribution < -0.4 is 9.62 Å². The van der Waals surface area contributed by atoms with Gasteiger partial charge in [-0.3, -0.25) is 9.10 Å². The Kier molecular flexibility index (Phi) is 6.61. The second-order valence-electron chi connectivity index (χ2n) is 5.47. The van der Waals surface area contributed by atoms with E-state index in [1.54, 1.807) is 0 Å². The molecule has 1 rings (SSSR count). The summed E-state index contributed by atoms with van der Waals surface area (Å²) < 4.78 is 62.2. The molecular weight excluding hydrogens is 347 g/mol. The summed E-state index contributed by atoms with van der Waals surface area (Å²) >= 11 is 0. The van der Waals surface area contributed by atoms with Gasteiger partial charge in [-0.2, -0.15) is 13.2 Å². The van der Waals surface area contributed by atoms with Crippen molar-refractivity contribution >= 4 is 21.6 Å².